The summed E-state index contributed by atoms with van der Waals surface area (Å²) in [4.78, 5) is 19.2. The van der Waals surface area contributed by atoms with E-state index in [1.807, 2.05) is 0 Å². The van der Waals surface area contributed by atoms with Crippen molar-refractivity contribution in [2.75, 3.05) is 7.11 Å². The molecular formula is C15H12ClF3N2O3. The molecule has 0 spiro atoms. The number of alkyl halides is 3. The second-order valence-electron chi connectivity index (χ2n) is 4.71. The van der Waals surface area contributed by atoms with Gasteiger partial charge in [-0.25, -0.2) is 14.8 Å². The van der Waals surface area contributed by atoms with Crippen LogP contribution in [0.3, 0.4) is 0 Å². The summed E-state index contributed by atoms with van der Waals surface area (Å²) in [6.45, 7) is 0.861. The molecular weight excluding hydrogens is 349 g/mol. The Labute approximate surface area is 140 Å². The minimum atomic E-state index is -4.56. The lowest BCUT2D eigenvalue weighted by Crippen LogP contribution is -2.31. The molecule has 0 saturated carbocycles. The number of hydrogen-bond donors (Lipinski definition) is 0. The smallest absolute Gasteiger partial charge is 0.425 e. The van der Waals surface area contributed by atoms with Gasteiger partial charge in [0.2, 0.25) is 5.82 Å². The summed E-state index contributed by atoms with van der Waals surface area (Å²) in [6, 6.07) is 6.15. The molecule has 0 bridgehead atoms. The fourth-order valence-electron chi connectivity index (χ4n) is 1.72. The Bertz CT molecular complexity index is 736. The van der Waals surface area contributed by atoms with Crippen molar-refractivity contribution in [3.05, 3.63) is 41.3 Å². The van der Waals surface area contributed by atoms with Crippen LogP contribution in [0.5, 0.6) is 5.75 Å². The zero-order chi connectivity index (χ0) is 17.9. The van der Waals surface area contributed by atoms with Gasteiger partial charge in [-0.3, -0.25) is 0 Å². The molecule has 1 aromatic carbocycles. The SMILES string of the molecule is COC(=O)c1ncc(OC(C)C(F)(F)F)c(-c2ccc(Cl)cc2)n1. The second-order valence-corrected chi connectivity index (χ2v) is 5.14. The molecule has 1 aromatic heterocycles. The van der Waals surface area contributed by atoms with Crippen molar-refractivity contribution in [2.45, 2.75) is 19.2 Å². The zero-order valence-electron chi connectivity index (χ0n) is 12.6. The molecule has 0 N–H and O–H groups in total. The van der Waals surface area contributed by atoms with Gasteiger partial charge in [0.05, 0.1) is 13.3 Å². The first-order valence-corrected chi connectivity index (χ1v) is 7.05. The zero-order valence-corrected chi connectivity index (χ0v) is 13.4. The van der Waals surface area contributed by atoms with E-state index in [1.54, 1.807) is 0 Å². The van der Waals surface area contributed by atoms with Gasteiger partial charge in [-0.2, -0.15) is 13.2 Å². The van der Waals surface area contributed by atoms with Gasteiger partial charge < -0.3 is 9.47 Å². The van der Waals surface area contributed by atoms with E-state index in [0.717, 1.165) is 20.2 Å². The van der Waals surface area contributed by atoms with Crippen LogP contribution in [0.25, 0.3) is 11.3 Å². The summed E-state index contributed by atoms with van der Waals surface area (Å²) in [5.41, 5.74) is 0.439. The van der Waals surface area contributed by atoms with Crippen LogP contribution in [0.4, 0.5) is 13.2 Å². The third-order valence-electron chi connectivity index (χ3n) is 3.01. The summed E-state index contributed by atoms with van der Waals surface area (Å²) in [5.74, 6) is -1.33. The van der Waals surface area contributed by atoms with Gasteiger partial charge in [0.1, 0.15) is 5.69 Å². The molecule has 0 radical (unpaired) electrons. The summed E-state index contributed by atoms with van der Waals surface area (Å²) in [7, 11) is 1.14. The third kappa shape index (κ3) is 4.14. The van der Waals surface area contributed by atoms with E-state index in [9.17, 15) is 18.0 Å². The number of rotatable bonds is 4. The number of aromatic nitrogens is 2. The van der Waals surface area contributed by atoms with Gasteiger partial charge in [0.15, 0.2) is 11.9 Å². The Kier molecular flexibility index (Phi) is 5.28. The molecule has 24 heavy (non-hydrogen) atoms. The number of carbonyl (C=O) groups excluding carboxylic acids is 1. The van der Waals surface area contributed by atoms with Crippen LogP contribution in [-0.4, -0.2) is 35.3 Å². The number of methoxy groups -OCH3 is 1. The van der Waals surface area contributed by atoms with Crippen LogP contribution >= 0.6 is 11.6 Å². The Morgan fingerprint density at radius 1 is 1.25 bits per heavy atom. The van der Waals surface area contributed by atoms with Crippen molar-refractivity contribution in [3.63, 3.8) is 0 Å². The van der Waals surface area contributed by atoms with E-state index in [0.29, 0.717) is 10.6 Å². The van der Waals surface area contributed by atoms with Gasteiger partial charge in [-0.15, -0.1) is 0 Å². The lowest BCUT2D eigenvalue weighted by atomic mass is 10.1. The number of ether oxygens (including phenoxy) is 2. The van der Waals surface area contributed by atoms with E-state index in [2.05, 4.69) is 14.7 Å². The van der Waals surface area contributed by atoms with Crippen LogP contribution in [0.2, 0.25) is 5.02 Å². The number of nitrogens with zero attached hydrogens (tertiary/aromatic N) is 2. The Morgan fingerprint density at radius 3 is 2.42 bits per heavy atom. The molecule has 0 saturated heterocycles. The molecule has 9 heteroatoms. The van der Waals surface area contributed by atoms with E-state index in [1.165, 1.54) is 24.3 Å². The maximum atomic E-state index is 12.7. The van der Waals surface area contributed by atoms with E-state index in [-0.39, 0.29) is 17.3 Å². The van der Waals surface area contributed by atoms with E-state index < -0.39 is 18.2 Å². The number of hydrogen-bond acceptors (Lipinski definition) is 5. The molecule has 0 aliphatic rings. The molecule has 1 unspecified atom stereocenters. The maximum Gasteiger partial charge on any atom is 0.425 e. The van der Waals surface area contributed by atoms with Crippen molar-refractivity contribution in [2.24, 2.45) is 0 Å². The minimum absolute atomic E-state index is 0.0261. The van der Waals surface area contributed by atoms with Gasteiger partial charge >= 0.3 is 12.1 Å². The molecule has 0 fully saturated rings. The summed E-state index contributed by atoms with van der Waals surface area (Å²) in [5, 5.41) is 0.437. The quantitative estimate of drug-likeness (QED) is 0.773. The van der Waals surface area contributed by atoms with Crippen LogP contribution in [-0.2, 0) is 4.74 Å². The molecule has 128 valence electrons. The van der Waals surface area contributed by atoms with Crippen LogP contribution in [0.15, 0.2) is 30.5 Å². The summed E-state index contributed by atoms with van der Waals surface area (Å²) < 4.78 is 47.6. The van der Waals surface area contributed by atoms with Crippen molar-refractivity contribution in [3.8, 4) is 17.0 Å². The normalized spacial score (nSPS) is 12.6. The fourth-order valence-corrected chi connectivity index (χ4v) is 1.84. The van der Waals surface area contributed by atoms with Crippen LogP contribution in [0, 0.1) is 0 Å². The highest BCUT2D eigenvalue weighted by Crippen LogP contribution is 2.32. The van der Waals surface area contributed by atoms with Gasteiger partial charge in [0.25, 0.3) is 0 Å². The highest BCUT2D eigenvalue weighted by molar-refractivity contribution is 6.30. The summed E-state index contributed by atoms with van der Waals surface area (Å²) in [6.07, 6.45) is -5.62. The highest BCUT2D eigenvalue weighted by Gasteiger charge is 2.38. The first kappa shape index (κ1) is 18.0. The minimum Gasteiger partial charge on any atom is -0.477 e. The highest BCUT2D eigenvalue weighted by atomic mass is 35.5. The predicted octanol–water partition coefficient (Wildman–Crippen LogP) is 3.91. The standard InChI is InChI=1S/C15H12ClF3N2O3/c1-8(15(17,18)19)24-11-7-20-13(14(22)23-2)21-12(11)9-3-5-10(16)6-4-9/h3-8H,1-2H3. The lowest BCUT2D eigenvalue weighted by molar-refractivity contribution is -0.189. The molecule has 0 amide bonds. The first-order valence-electron chi connectivity index (χ1n) is 6.67. The van der Waals surface area contributed by atoms with Crippen LogP contribution < -0.4 is 4.74 Å². The second kappa shape index (κ2) is 7.04. The maximum absolute atomic E-state index is 12.7. The van der Waals surface area contributed by atoms with E-state index in [4.69, 9.17) is 16.3 Å². The molecule has 0 aliphatic heterocycles. The number of esters is 1. The number of benzene rings is 1. The molecule has 5 nitrogen and oxygen atoms in total. The van der Waals surface area contributed by atoms with Crippen molar-refractivity contribution < 1.29 is 27.4 Å². The number of halogens is 4. The average molecular weight is 361 g/mol. The Morgan fingerprint density at radius 2 is 1.88 bits per heavy atom. The monoisotopic (exact) mass is 360 g/mol. The predicted molar refractivity (Wildman–Crippen MR) is 80.0 cm³/mol. The molecule has 0 aliphatic carbocycles. The fraction of sp³-hybridized carbons (Fsp3) is 0.267. The molecule has 1 atom stereocenters. The van der Waals surface area contributed by atoms with Gasteiger partial charge in [-0.05, 0) is 19.1 Å². The average Bonchev–Trinajstić information content (AvgIpc) is 2.54. The topological polar surface area (TPSA) is 61.3 Å². The largest absolute Gasteiger partial charge is 0.477 e. The van der Waals surface area contributed by atoms with Gasteiger partial charge in [0, 0.05) is 10.6 Å². The van der Waals surface area contributed by atoms with Crippen molar-refractivity contribution in [1.29, 1.82) is 0 Å². The Balaban J connectivity index is 2.49. The first-order chi connectivity index (χ1) is 11.2. The van der Waals surface area contributed by atoms with Crippen LogP contribution in [0.1, 0.15) is 17.5 Å². The van der Waals surface area contributed by atoms with Gasteiger partial charge in [-0.1, -0.05) is 23.7 Å². The third-order valence-corrected chi connectivity index (χ3v) is 3.26. The van der Waals surface area contributed by atoms with Crippen molar-refractivity contribution in [1.82, 2.24) is 9.97 Å². The molecule has 2 rings (SSSR count). The lowest BCUT2D eigenvalue weighted by Gasteiger charge is -2.19. The molecule has 1 heterocycles. The summed E-state index contributed by atoms with van der Waals surface area (Å²) >= 11 is 5.80. The Hall–Kier alpha value is -2.35. The molecule has 2 aromatic rings. The number of carbonyl (C=O) groups is 1. The van der Waals surface area contributed by atoms with E-state index >= 15 is 0 Å². The van der Waals surface area contributed by atoms with Crippen molar-refractivity contribution >= 4 is 17.6 Å².